The summed E-state index contributed by atoms with van der Waals surface area (Å²) in [6, 6.07) is 16.6. The molecule has 6 rings (SSSR count). The number of carbonyl (C=O) groups is 1. The Hall–Kier alpha value is -3.05. The Bertz CT molecular complexity index is 1140. The molecule has 3 heterocycles. The smallest absolute Gasteiger partial charge is 0.255 e. The Morgan fingerprint density at radius 2 is 1.35 bits per heavy atom. The van der Waals surface area contributed by atoms with Gasteiger partial charge in [0.05, 0.1) is 6.61 Å². The van der Waals surface area contributed by atoms with Gasteiger partial charge >= 0.3 is 0 Å². The number of aliphatic hydroxyl groups excluding tert-OH is 1. The van der Waals surface area contributed by atoms with E-state index in [1.165, 1.54) is 35.2 Å². The van der Waals surface area contributed by atoms with Crippen LogP contribution >= 0.6 is 0 Å². The van der Waals surface area contributed by atoms with Crippen LogP contribution in [0.25, 0.3) is 10.8 Å². The summed E-state index contributed by atoms with van der Waals surface area (Å²) in [7, 11) is 0. The van der Waals surface area contributed by atoms with Crippen LogP contribution in [-0.4, -0.2) is 42.1 Å². The number of hydrogen-bond donors (Lipinski definition) is 1. The number of carbonyl (C=O) groups excluding carboxylic acids is 1. The highest BCUT2D eigenvalue weighted by atomic mass is 16.3. The standard InChI is InChI=1S/C26H27N3O2/c30-17-19-5-3-18(4-6-19)15-29-16-20-7-9-22(27-11-1-12-27)25-23(28-13-2-14-28)10-8-21(24(20)25)26(29)31/h3-10,30H,1-2,11-17H2. The highest BCUT2D eigenvalue weighted by Crippen LogP contribution is 2.43. The molecular formula is C26H27N3O2. The maximum atomic E-state index is 13.5. The van der Waals surface area contributed by atoms with Crippen molar-refractivity contribution in [2.45, 2.75) is 32.5 Å². The maximum absolute atomic E-state index is 13.5. The van der Waals surface area contributed by atoms with E-state index in [1.807, 2.05) is 35.2 Å². The number of anilines is 2. The van der Waals surface area contributed by atoms with E-state index in [4.69, 9.17) is 0 Å². The van der Waals surface area contributed by atoms with Gasteiger partial charge < -0.3 is 19.8 Å². The van der Waals surface area contributed by atoms with Crippen LogP contribution in [0.1, 0.15) is 39.9 Å². The SMILES string of the molecule is O=C1c2ccc(N3CCC3)c3c(N4CCC4)ccc(c23)CN1Cc1ccc(CO)cc1. The van der Waals surface area contributed by atoms with Crippen LogP contribution in [0.5, 0.6) is 0 Å². The third-order valence-electron chi connectivity index (χ3n) is 7.05. The van der Waals surface area contributed by atoms with E-state index in [0.29, 0.717) is 13.1 Å². The molecule has 0 aromatic heterocycles. The first-order valence-corrected chi connectivity index (χ1v) is 11.3. The monoisotopic (exact) mass is 413 g/mol. The van der Waals surface area contributed by atoms with Crippen molar-refractivity contribution >= 4 is 28.1 Å². The van der Waals surface area contributed by atoms with Crippen LogP contribution in [0.3, 0.4) is 0 Å². The first-order chi connectivity index (χ1) is 15.2. The molecule has 31 heavy (non-hydrogen) atoms. The zero-order valence-corrected chi connectivity index (χ0v) is 17.7. The molecule has 0 atom stereocenters. The van der Waals surface area contributed by atoms with Crippen LogP contribution in [0.4, 0.5) is 11.4 Å². The lowest BCUT2D eigenvalue weighted by Gasteiger charge is -2.40. The first-order valence-electron chi connectivity index (χ1n) is 11.3. The van der Waals surface area contributed by atoms with E-state index in [-0.39, 0.29) is 12.5 Å². The quantitative estimate of drug-likeness (QED) is 0.689. The Morgan fingerprint density at radius 3 is 1.94 bits per heavy atom. The van der Waals surface area contributed by atoms with E-state index in [0.717, 1.165) is 48.3 Å². The lowest BCUT2D eigenvalue weighted by atomic mass is 9.90. The average molecular weight is 414 g/mol. The number of aliphatic hydroxyl groups is 1. The molecule has 3 aliphatic rings. The van der Waals surface area contributed by atoms with Crippen LogP contribution in [-0.2, 0) is 19.7 Å². The summed E-state index contributed by atoms with van der Waals surface area (Å²) in [6.07, 6.45) is 2.48. The Morgan fingerprint density at radius 1 is 0.742 bits per heavy atom. The molecule has 3 aliphatic heterocycles. The van der Waals surface area contributed by atoms with Gasteiger partial charge in [-0.2, -0.15) is 0 Å². The van der Waals surface area contributed by atoms with Crippen LogP contribution in [0.15, 0.2) is 48.5 Å². The van der Waals surface area contributed by atoms with Crippen molar-refractivity contribution in [3.05, 3.63) is 70.8 Å². The van der Waals surface area contributed by atoms with Gasteiger partial charge in [0, 0.05) is 67.0 Å². The largest absolute Gasteiger partial charge is 0.392 e. The number of rotatable bonds is 5. The predicted octanol–water partition coefficient (Wildman–Crippen LogP) is 3.91. The molecule has 0 bridgehead atoms. The zero-order chi connectivity index (χ0) is 20.9. The minimum atomic E-state index is 0.0387. The highest BCUT2D eigenvalue weighted by Gasteiger charge is 2.31. The molecule has 0 spiro atoms. The molecule has 2 saturated heterocycles. The molecule has 3 aromatic rings. The van der Waals surface area contributed by atoms with Crippen molar-refractivity contribution in [3.8, 4) is 0 Å². The third kappa shape index (κ3) is 2.99. The van der Waals surface area contributed by atoms with Gasteiger partial charge in [-0.05, 0) is 47.7 Å². The summed E-state index contributed by atoms with van der Waals surface area (Å²) in [5, 5.41) is 11.7. The molecular weight excluding hydrogens is 386 g/mol. The van der Waals surface area contributed by atoms with Crippen molar-refractivity contribution in [1.29, 1.82) is 0 Å². The maximum Gasteiger partial charge on any atom is 0.255 e. The van der Waals surface area contributed by atoms with Crippen molar-refractivity contribution in [2.24, 2.45) is 0 Å². The van der Waals surface area contributed by atoms with Gasteiger partial charge in [-0.3, -0.25) is 4.79 Å². The second-order valence-corrected chi connectivity index (χ2v) is 8.94. The first kappa shape index (κ1) is 18.7. The highest BCUT2D eigenvalue weighted by molar-refractivity contribution is 6.17. The van der Waals surface area contributed by atoms with Gasteiger partial charge in [-0.15, -0.1) is 0 Å². The van der Waals surface area contributed by atoms with Gasteiger partial charge in [0.2, 0.25) is 0 Å². The topological polar surface area (TPSA) is 47.0 Å². The number of nitrogens with zero attached hydrogens (tertiary/aromatic N) is 3. The van der Waals surface area contributed by atoms with E-state index in [9.17, 15) is 9.90 Å². The molecule has 0 radical (unpaired) electrons. The van der Waals surface area contributed by atoms with Crippen molar-refractivity contribution in [3.63, 3.8) is 0 Å². The zero-order valence-electron chi connectivity index (χ0n) is 17.7. The fraction of sp³-hybridized carbons (Fsp3) is 0.346. The summed E-state index contributed by atoms with van der Waals surface area (Å²) in [5.41, 5.74) is 6.61. The van der Waals surface area contributed by atoms with Gasteiger partial charge in [0.15, 0.2) is 0 Å². The van der Waals surface area contributed by atoms with E-state index in [2.05, 4.69) is 28.0 Å². The molecule has 2 fully saturated rings. The van der Waals surface area contributed by atoms with Gasteiger partial charge in [-0.1, -0.05) is 30.3 Å². The number of amides is 1. The summed E-state index contributed by atoms with van der Waals surface area (Å²) < 4.78 is 0. The van der Waals surface area contributed by atoms with E-state index in [1.54, 1.807) is 0 Å². The molecule has 0 aliphatic carbocycles. The van der Waals surface area contributed by atoms with Crippen LogP contribution in [0, 0.1) is 0 Å². The van der Waals surface area contributed by atoms with Crippen molar-refractivity contribution in [2.75, 3.05) is 36.0 Å². The minimum Gasteiger partial charge on any atom is -0.392 e. The molecule has 5 nitrogen and oxygen atoms in total. The molecule has 1 amide bonds. The molecule has 5 heteroatoms. The van der Waals surface area contributed by atoms with E-state index < -0.39 is 0 Å². The fourth-order valence-electron chi connectivity index (χ4n) is 5.03. The average Bonchev–Trinajstić information content (AvgIpc) is 2.71. The van der Waals surface area contributed by atoms with Crippen LogP contribution < -0.4 is 9.80 Å². The molecule has 3 aromatic carbocycles. The normalized spacial score (nSPS) is 17.7. The fourth-order valence-corrected chi connectivity index (χ4v) is 5.03. The summed E-state index contributed by atoms with van der Waals surface area (Å²) in [4.78, 5) is 20.4. The molecule has 1 N–H and O–H groups in total. The summed E-state index contributed by atoms with van der Waals surface area (Å²) in [5.74, 6) is 0.111. The van der Waals surface area contributed by atoms with Crippen molar-refractivity contribution in [1.82, 2.24) is 4.90 Å². The van der Waals surface area contributed by atoms with Gasteiger partial charge in [0.25, 0.3) is 5.91 Å². The third-order valence-corrected chi connectivity index (χ3v) is 7.05. The molecule has 0 saturated carbocycles. The van der Waals surface area contributed by atoms with Crippen LogP contribution in [0.2, 0.25) is 0 Å². The Labute approximate surface area is 182 Å². The predicted molar refractivity (Wildman–Crippen MR) is 124 cm³/mol. The van der Waals surface area contributed by atoms with Crippen molar-refractivity contribution < 1.29 is 9.90 Å². The Kier molecular flexibility index (Phi) is 4.39. The van der Waals surface area contributed by atoms with Gasteiger partial charge in [0.1, 0.15) is 0 Å². The van der Waals surface area contributed by atoms with E-state index >= 15 is 0 Å². The molecule has 158 valence electrons. The number of hydrogen-bond acceptors (Lipinski definition) is 4. The van der Waals surface area contributed by atoms with Gasteiger partial charge in [-0.25, -0.2) is 0 Å². The number of benzene rings is 3. The Balaban J connectivity index is 1.42. The summed E-state index contributed by atoms with van der Waals surface area (Å²) in [6.45, 7) is 5.64. The second kappa shape index (κ2) is 7.27. The summed E-state index contributed by atoms with van der Waals surface area (Å²) >= 11 is 0. The minimum absolute atomic E-state index is 0.0387. The second-order valence-electron chi connectivity index (χ2n) is 8.94. The molecule has 0 unspecified atom stereocenters. The lowest BCUT2D eigenvalue weighted by Crippen LogP contribution is -2.40. The lowest BCUT2D eigenvalue weighted by molar-refractivity contribution is 0.0724.